The number of amides is 3. The van der Waals surface area contributed by atoms with Crippen LogP contribution >= 0.6 is 11.6 Å². The minimum atomic E-state index is -3.76. The summed E-state index contributed by atoms with van der Waals surface area (Å²) >= 11 is 6.19. The van der Waals surface area contributed by atoms with Gasteiger partial charge in [-0.3, -0.25) is 14.4 Å². The maximum Gasteiger partial charge on any atom is 0.257 e. The lowest BCUT2D eigenvalue weighted by Crippen LogP contribution is -2.30. The fourth-order valence-corrected chi connectivity index (χ4v) is 5.01. The quantitative estimate of drug-likeness (QED) is 0.766. The molecule has 1 atom stereocenters. The summed E-state index contributed by atoms with van der Waals surface area (Å²) in [6.07, 6.45) is 0. The average Bonchev–Trinajstić information content (AvgIpc) is 2.83. The summed E-state index contributed by atoms with van der Waals surface area (Å²) in [4.78, 5) is 35.7. The van der Waals surface area contributed by atoms with E-state index >= 15 is 0 Å². The summed E-state index contributed by atoms with van der Waals surface area (Å²) < 4.78 is 25.1. The smallest absolute Gasteiger partial charge is 0.257 e. The van der Waals surface area contributed by atoms with Gasteiger partial charge in [-0.05, 0) is 42.5 Å². The monoisotopic (exact) mass is 435 g/mol. The molecule has 8 nitrogen and oxygen atoms in total. The van der Waals surface area contributed by atoms with Crippen molar-refractivity contribution in [1.82, 2.24) is 0 Å². The molecular weight excluding hydrogens is 418 g/mol. The van der Waals surface area contributed by atoms with Gasteiger partial charge in [0, 0.05) is 18.3 Å². The Hall–Kier alpha value is -2.91. The Kier molecular flexibility index (Phi) is 5.63. The summed E-state index contributed by atoms with van der Waals surface area (Å²) in [5.74, 6) is -2.14. The van der Waals surface area contributed by atoms with Crippen LogP contribution in [0.15, 0.2) is 42.5 Å². The number of hydrogen-bond acceptors (Lipinski definition) is 5. The second kappa shape index (κ2) is 7.84. The molecule has 10 heteroatoms. The molecule has 1 aliphatic rings. The van der Waals surface area contributed by atoms with Crippen molar-refractivity contribution in [2.45, 2.75) is 13.8 Å². The third kappa shape index (κ3) is 4.41. The van der Waals surface area contributed by atoms with Crippen LogP contribution in [-0.4, -0.2) is 31.9 Å². The van der Waals surface area contributed by atoms with Gasteiger partial charge in [-0.25, -0.2) is 12.7 Å². The van der Waals surface area contributed by atoms with E-state index in [4.69, 9.17) is 11.6 Å². The molecule has 3 amide bonds. The summed E-state index contributed by atoms with van der Waals surface area (Å²) in [7, 11) is -3.76. The largest absolute Gasteiger partial charge is 0.326 e. The number of anilines is 3. The van der Waals surface area contributed by atoms with Crippen molar-refractivity contribution in [3.05, 3.63) is 53.1 Å². The Morgan fingerprint density at radius 2 is 1.66 bits per heavy atom. The number of benzene rings is 2. The molecule has 0 saturated carbocycles. The Morgan fingerprint density at radius 1 is 1.07 bits per heavy atom. The van der Waals surface area contributed by atoms with Crippen molar-refractivity contribution < 1.29 is 22.8 Å². The summed E-state index contributed by atoms with van der Waals surface area (Å²) in [6, 6.07) is 10.5. The standard InChI is InChI=1S/C19H18ClN3O5S/c1-11-10-29(27,28)23(19(11)26)15-7-8-16(17(20)9-15)18(25)22-14-5-3-13(4-6-14)21-12(2)24/h3-9,11H,10H2,1-2H3,(H,21,24)(H,22,25). The third-order valence-electron chi connectivity index (χ3n) is 4.26. The number of sulfonamides is 1. The van der Waals surface area contributed by atoms with Crippen LogP contribution in [0.2, 0.25) is 5.02 Å². The van der Waals surface area contributed by atoms with Gasteiger partial charge in [0.05, 0.1) is 27.9 Å². The highest BCUT2D eigenvalue weighted by Crippen LogP contribution is 2.31. The van der Waals surface area contributed by atoms with Crippen LogP contribution in [0.4, 0.5) is 17.1 Å². The number of nitrogens with zero attached hydrogens (tertiary/aromatic N) is 1. The van der Waals surface area contributed by atoms with Crippen LogP contribution in [0.5, 0.6) is 0 Å². The number of carbonyl (C=O) groups is 3. The first-order valence-electron chi connectivity index (χ1n) is 8.64. The molecule has 0 aliphatic carbocycles. The zero-order valence-corrected chi connectivity index (χ0v) is 17.2. The van der Waals surface area contributed by atoms with Gasteiger partial charge in [0.1, 0.15) is 0 Å². The molecule has 3 rings (SSSR count). The lowest BCUT2D eigenvalue weighted by Gasteiger charge is -2.16. The normalized spacial score (nSPS) is 17.8. The Morgan fingerprint density at radius 3 is 2.14 bits per heavy atom. The lowest BCUT2D eigenvalue weighted by molar-refractivity contribution is -0.119. The maximum atomic E-state index is 12.5. The van der Waals surface area contributed by atoms with E-state index in [1.54, 1.807) is 31.2 Å². The molecule has 0 bridgehead atoms. The van der Waals surface area contributed by atoms with Gasteiger partial charge < -0.3 is 10.6 Å². The van der Waals surface area contributed by atoms with Gasteiger partial charge >= 0.3 is 0 Å². The van der Waals surface area contributed by atoms with E-state index in [2.05, 4.69) is 10.6 Å². The Labute approximate surface area is 172 Å². The third-order valence-corrected chi connectivity index (χ3v) is 6.44. The van der Waals surface area contributed by atoms with Gasteiger partial charge in [-0.2, -0.15) is 0 Å². The van der Waals surface area contributed by atoms with Crippen molar-refractivity contribution in [3.63, 3.8) is 0 Å². The molecule has 0 radical (unpaired) electrons. The van der Waals surface area contributed by atoms with Crippen LogP contribution in [0, 0.1) is 5.92 Å². The predicted octanol–water partition coefficient (Wildman–Crippen LogP) is 2.86. The van der Waals surface area contributed by atoms with Gasteiger partial charge in [0.25, 0.3) is 5.91 Å². The molecule has 2 aromatic rings. The predicted molar refractivity (Wildman–Crippen MR) is 111 cm³/mol. The van der Waals surface area contributed by atoms with E-state index in [0.29, 0.717) is 11.4 Å². The molecule has 1 unspecified atom stereocenters. The molecule has 2 aromatic carbocycles. The molecule has 0 spiro atoms. The highest BCUT2D eigenvalue weighted by atomic mass is 35.5. The van der Waals surface area contributed by atoms with E-state index in [0.717, 1.165) is 4.31 Å². The van der Waals surface area contributed by atoms with Crippen LogP contribution in [0.3, 0.4) is 0 Å². The zero-order chi connectivity index (χ0) is 21.3. The first-order chi connectivity index (χ1) is 13.6. The lowest BCUT2D eigenvalue weighted by atomic mass is 10.1. The van der Waals surface area contributed by atoms with Crippen molar-refractivity contribution in [2.24, 2.45) is 5.92 Å². The Bertz CT molecular complexity index is 1100. The molecule has 1 aliphatic heterocycles. The van der Waals surface area contributed by atoms with E-state index in [9.17, 15) is 22.8 Å². The number of halogens is 1. The van der Waals surface area contributed by atoms with Gasteiger partial charge in [-0.1, -0.05) is 18.5 Å². The number of nitrogens with one attached hydrogen (secondary N) is 2. The molecule has 152 valence electrons. The molecule has 2 N–H and O–H groups in total. The van der Waals surface area contributed by atoms with Crippen LogP contribution in [0.1, 0.15) is 24.2 Å². The highest BCUT2D eigenvalue weighted by Gasteiger charge is 2.42. The van der Waals surface area contributed by atoms with Crippen molar-refractivity contribution in [2.75, 3.05) is 20.7 Å². The van der Waals surface area contributed by atoms with Crippen molar-refractivity contribution in [3.8, 4) is 0 Å². The summed E-state index contributed by atoms with van der Waals surface area (Å²) in [5, 5.41) is 5.30. The van der Waals surface area contributed by atoms with Crippen molar-refractivity contribution >= 4 is 56.4 Å². The minimum absolute atomic E-state index is 0.0115. The first kappa shape index (κ1) is 20.8. The topological polar surface area (TPSA) is 113 Å². The molecule has 1 fully saturated rings. The zero-order valence-electron chi connectivity index (χ0n) is 15.6. The number of rotatable bonds is 4. The van der Waals surface area contributed by atoms with Crippen LogP contribution in [0.25, 0.3) is 0 Å². The molecule has 0 aromatic heterocycles. The Balaban J connectivity index is 1.79. The number of carbonyl (C=O) groups excluding carboxylic acids is 3. The molecule has 1 heterocycles. The molecule has 29 heavy (non-hydrogen) atoms. The average molecular weight is 436 g/mol. The van der Waals surface area contributed by atoms with E-state index < -0.39 is 27.8 Å². The van der Waals surface area contributed by atoms with Crippen LogP contribution < -0.4 is 14.9 Å². The summed E-state index contributed by atoms with van der Waals surface area (Å²) in [5.41, 5.74) is 1.29. The SMILES string of the molecule is CC(=O)Nc1ccc(NC(=O)c2ccc(N3C(=O)C(C)CS3(=O)=O)cc2Cl)cc1. The first-order valence-corrected chi connectivity index (χ1v) is 10.6. The fourth-order valence-electron chi connectivity index (χ4n) is 2.94. The number of hydrogen-bond donors (Lipinski definition) is 2. The van der Waals surface area contributed by atoms with E-state index in [1.165, 1.54) is 25.1 Å². The molecular formula is C19H18ClN3O5S. The molecule has 1 saturated heterocycles. The maximum absolute atomic E-state index is 12.5. The van der Waals surface area contributed by atoms with Crippen molar-refractivity contribution in [1.29, 1.82) is 0 Å². The second-order valence-corrected chi connectivity index (χ2v) is 8.93. The fraction of sp³-hybridized carbons (Fsp3) is 0.211. The van der Waals surface area contributed by atoms with Crippen LogP contribution in [-0.2, 0) is 19.6 Å². The van der Waals surface area contributed by atoms with Gasteiger partial charge in [-0.15, -0.1) is 0 Å². The van der Waals surface area contributed by atoms with E-state index in [-0.39, 0.29) is 27.9 Å². The van der Waals surface area contributed by atoms with Gasteiger partial charge in [0.2, 0.25) is 21.8 Å². The van der Waals surface area contributed by atoms with E-state index in [1.807, 2.05) is 0 Å². The minimum Gasteiger partial charge on any atom is -0.326 e. The second-order valence-electron chi connectivity index (χ2n) is 6.66. The summed E-state index contributed by atoms with van der Waals surface area (Å²) in [6.45, 7) is 2.93. The highest BCUT2D eigenvalue weighted by molar-refractivity contribution is 7.94. The van der Waals surface area contributed by atoms with Gasteiger partial charge in [0.15, 0.2) is 0 Å².